The van der Waals surface area contributed by atoms with Gasteiger partial charge in [0, 0.05) is 49.0 Å². The molecule has 0 radical (unpaired) electrons. The summed E-state index contributed by atoms with van der Waals surface area (Å²) in [7, 11) is 1.85. The van der Waals surface area contributed by atoms with Crippen LogP contribution in [-0.2, 0) is 11.8 Å². The summed E-state index contributed by atoms with van der Waals surface area (Å²) in [5.74, 6) is 0.239. The highest BCUT2D eigenvalue weighted by Gasteiger charge is 2.12. The normalized spacial score (nSPS) is 10.7. The number of amides is 1. The average molecular weight is 360 g/mol. The number of benzene rings is 1. The van der Waals surface area contributed by atoms with Gasteiger partial charge in [-0.3, -0.25) is 13.9 Å². The molecular weight excluding hydrogens is 344 g/mol. The van der Waals surface area contributed by atoms with E-state index in [4.69, 9.17) is 4.74 Å². The van der Waals surface area contributed by atoms with Crippen LogP contribution in [0.15, 0.2) is 67.8 Å². The van der Waals surface area contributed by atoms with Crippen molar-refractivity contribution in [3.63, 3.8) is 0 Å². The lowest BCUT2D eigenvalue weighted by Crippen LogP contribution is -2.07. The Morgan fingerprint density at radius 2 is 2.22 bits per heavy atom. The Balaban J connectivity index is 1.71. The van der Waals surface area contributed by atoms with Crippen LogP contribution < -0.4 is 10.1 Å². The van der Waals surface area contributed by atoms with Gasteiger partial charge >= 0.3 is 6.01 Å². The van der Waals surface area contributed by atoms with Crippen molar-refractivity contribution in [1.82, 2.24) is 24.1 Å². The maximum absolute atomic E-state index is 11.5. The van der Waals surface area contributed by atoms with Crippen LogP contribution in [0.3, 0.4) is 0 Å². The van der Waals surface area contributed by atoms with Crippen LogP contribution in [0.4, 0.5) is 5.69 Å². The highest BCUT2D eigenvalue weighted by atomic mass is 16.5. The van der Waals surface area contributed by atoms with E-state index < -0.39 is 0 Å². The molecule has 4 rings (SSSR count). The molecule has 0 aliphatic heterocycles. The third-order valence-electron chi connectivity index (χ3n) is 3.85. The molecule has 8 nitrogen and oxygen atoms in total. The monoisotopic (exact) mass is 360 g/mol. The second-order valence-electron chi connectivity index (χ2n) is 5.81. The summed E-state index contributed by atoms with van der Waals surface area (Å²) in [5.41, 5.74) is 2.87. The van der Waals surface area contributed by atoms with Crippen LogP contribution >= 0.6 is 0 Å². The van der Waals surface area contributed by atoms with E-state index >= 15 is 0 Å². The standard InChI is InChI=1S/C19H16N6O2/c1-3-18(26)22-14-5-4-6-15(9-14)27-19-23-16(13-11-21-24(2)12-13)10-17-20-7-8-25(17)19/h3-12H,1H2,2H3,(H,22,26). The van der Waals surface area contributed by atoms with Gasteiger partial charge in [-0.1, -0.05) is 12.6 Å². The molecule has 0 saturated heterocycles. The number of nitrogens with one attached hydrogen (secondary N) is 1. The molecule has 0 spiro atoms. The molecule has 0 saturated carbocycles. The van der Waals surface area contributed by atoms with Gasteiger partial charge in [0.1, 0.15) is 11.4 Å². The number of fused-ring (bicyclic) bond motifs is 1. The number of aromatic nitrogens is 5. The van der Waals surface area contributed by atoms with Gasteiger partial charge in [-0.2, -0.15) is 10.1 Å². The second-order valence-corrected chi connectivity index (χ2v) is 5.81. The fourth-order valence-corrected chi connectivity index (χ4v) is 2.60. The zero-order chi connectivity index (χ0) is 18.8. The summed E-state index contributed by atoms with van der Waals surface area (Å²) >= 11 is 0. The number of imidazole rings is 1. The number of hydrogen-bond donors (Lipinski definition) is 1. The van der Waals surface area contributed by atoms with Crippen molar-refractivity contribution in [1.29, 1.82) is 0 Å². The van der Waals surface area contributed by atoms with E-state index in [1.54, 1.807) is 51.9 Å². The zero-order valence-electron chi connectivity index (χ0n) is 14.5. The number of rotatable bonds is 5. The molecule has 0 fully saturated rings. The largest absolute Gasteiger partial charge is 0.425 e. The third kappa shape index (κ3) is 3.40. The molecule has 0 aliphatic rings. The summed E-state index contributed by atoms with van der Waals surface area (Å²) in [6.45, 7) is 3.45. The van der Waals surface area contributed by atoms with Crippen molar-refractivity contribution in [2.45, 2.75) is 0 Å². The smallest absolute Gasteiger partial charge is 0.308 e. The topological polar surface area (TPSA) is 86.3 Å². The number of aryl methyl sites for hydroxylation is 1. The van der Waals surface area contributed by atoms with E-state index in [-0.39, 0.29) is 5.91 Å². The summed E-state index contributed by atoms with van der Waals surface area (Å²) in [5, 5.41) is 6.88. The maximum Gasteiger partial charge on any atom is 0.308 e. The Morgan fingerprint density at radius 1 is 1.33 bits per heavy atom. The van der Waals surface area contributed by atoms with Crippen LogP contribution in [0.25, 0.3) is 16.9 Å². The maximum atomic E-state index is 11.5. The molecule has 4 aromatic rings. The first-order valence-electron chi connectivity index (χ1n) is 8.17. The second kappa shape index (κ2) is 6.75. The Kier molecular flexibility index (Phi) is 4.13. The van der Waals surface area contributed by atoms with Crippen LogP contribution in [0.5, 0.6) is 11.8 Å². The number of hydrogen-bond acceptors (Lipinski definition) is 5. The zero-order valence-corrected chi connectivity index (χ0v) is 14.5. The number of carbonyl (C=O) groups is 1. The van der Waals surface area contributed by atoms with Gasteiger partial charge in [0.2, 0.25) is 5.91 Å². The van der Waals surface area contributed by atoms with E-state index in [0.29, 0.717) is 28.8 Å². The quantitative estimate of drug-likeness (QED) is 0.553. The molecule has 1 N–H and O–H groups in total. The summed E-state index contributed by atoms with van der Waals surface area (Å²) in [4.78, 5) is 20.4. The van der Waals surface area contributed by atoms with Gasteiger partial charge in [0.05, 0.1) is 11.9 Å². The average Bonchev–Trinajstić information content (AvgIpc) is 3.30. The molecule has 0 unspecified atom stereocenters. The van der Waals surface area contributed by atoms with Crippen molar-refractivity contribution in [2.24, 2.45) is 7.05 Å². The molecule has 1 amide bonds. The van der Waals surface area contributed by atoms with Crippen LogP contribution in [-0.4, -0.2) is 30.1 Å². The van der Waals surface area contributed by atoms with Crippen molar-refractivity contribution in [2.75, 3.05) is 5.32 Å². The van der Waals surface area contributed by atoms with Gasteiger partial charge in [-0.15, -0.1) is 0 Å². The molecule has 27 heavy (non-hydrogen) atoms. The molecule has 8 heteroatoms. The Bertz CT molecular complexity index is 1140. The van der Waals surface area contributed by atoms with Crippen LogP contribution in [0.1, 0.15) is 0 Å². The summed E-state index contributed by atoms with van der Waals surface area (Å²) in [6, 6.07) is 9.26. The third-order valence-corrected chi connectivity index (χ3v) is 3.85. The van der Waals surface area contributed by atoms with E-state index in [2.05, 4.69) is 27.0 Å². The van der Waals surface area contributed by atoms with Crippen molar-refractivity contribution >= 4 is 17.2 Å². The Labute approximate surface area is 154 Å². The Hall–Kier alpha value is -3.94. The van der Waals surface area contributed by atoms with Gasteiger partial charge in [0.15, 0.2) is 0 Å². The van der Waals surface area contributed by atoms with Crippen molar-refractivity contribution in [3.8, 4) is 23.0 Å². The summed E-state index contributed by atoms with van der Waals surface area (Å²) < 4.78 is 9.43. The lowest BCUT2D eigenvalue weighted by atomic mass is 10.2. The molecule has 0 atom stereocenters. The number of anilines is 1. The van der Waals surface area contributed by atoms with Gasteiger partial charge in [-0.05, 0) is 18.2 Å². The predicted octanol–water partition coefficient (Wildman–Crippen LogP) is 3.05. The first-order valence-corrected chi connectivity index (χ1v) is 8.17. The minimum atomic E-state index is -0.291. The molecule has 0 bridgehead atoms. The van der Waals surface area contributed by atoms with E-state index in [1.165, 1.54) is 6.08 Å². The van der Waals surface area contributed by atoms with Crippen LogP contribution in [0, 0.1) is 0 Å². The van der Waals surface area contributed by atoms with Gasteiger partial charge in [0.25, 0.3) is 0 Å². The fraction of sp³-hybridized carbons (Fsp3) is 0.0526. The van der Waals surface area contributed by atoms with E-state index in [0.717, 1.165) is 5.56 Å². The molecule has 1 aromatic carbocycles. The predicted molar refractivity (Wildman–Crippen MR) is 101 cm³/mol. The molecule has 3 aromatic heterocycles. The van der Waals surface area contributed by atoms with E-state index in [9.17, 15) is 4.79 Å². The summed E-state index contributed by atoms with van der Waals surface area (Å²) in [6.07, 6.45) is 8.27. The highest BCUT2D eigenvalue weighted by Crippen LogP contribution is 2.27. The lowest BCUT2D eigenvalue weighted by molar-refractivity contribution is -0.111. The van der Waals surface area contributed by atoms with Crippen molar-refractivity contribution in [3.05, 3.63) is 67.8 Å². The minimum Gasteiger partial charge on any atom is -0.425 e. The first kappa shape index (κ1) is 16.5. The number of ether oxygens (including phenoxy) is 1. The molecule has 0 aliphatic carbocycles. The molecule has 3 heterocycles. The molecular formula is C19H16N6O2. The number of carbonyl (C=O) groups excluding carboxylic acids is 1. The molecule has 134 valence electrons. The lowest BCUT2D eigenvalue weighted by Gasteiger charge is -2.10. The van der Waals surface area contributed by atoms with Gasteiger partial charge < -0.3 is 10.1 Å². The SMILES string of the molecule is C=CC(=O)Nc1cccc(Oc2nc(-c3cnn(C)c3)cc3nccn23)c1. The Morgan fingerprint density at radius 3 is 3.00 bits per heavy atom. The highest BCUT2D eigenvalue weighted by molar-refractivity contribution is 5.98. The van der Waals surface area contributed by atoms with Crippen molar-refractivity contribution < 1.29 is 9.53 Å². The fourth-order valence-electron chi connectivity index (χ4n) is 2.60. The van der Waals surface area contributed by atoms with E-state index in [1.807, 2.05) is 19.3 Å². The first-order chi connectivity index (χ1) is 13.1. The van der Waals surface area contributed by atoms with Crippen LogP contribution in [0.2, 0.25) is 0 Å². The minimum absolute atomic E-state index is 0.291. The number of nitrogens with zero attached hydrogens (tertiary/aromatic N) is 5. The van der Waals surface area contributed by atoms with Gasteiger partial charge in [-0.25, -0.2) is 4.98 Å².